The second-order valence-corrected chi connectivity index (χ2v) is 10.6. The predicted octanol–water partition coefficient (Wildman–Crippen LogP) is 6.71. The highest BCUT2D eigenvalue weighted by Crippen LogP contribution is 2.48. The Morgan fingerprint density at radius 2 is 1.69 bits per heavy atom. The van der Waals surface area contributed by atoms with Gasteiger partial charge in [-0.2, -0.15) is 0 Å². The third-order valence-electron chi connectivity index (χ3n) is 4.48. The van der Waals surface area contributed by atoms with Gasteiger partial charge in [0.25, 0.3) is 9.04 Å². The van der Waals surface area contributed by atoms with Gasteiger partial charge >= 0.3 is 0 Å². The first-order valence-electron chi connectivity index (χ1n) is 9.68. The summed E-state index contributed by atoms with van der Waals surface area (Å²) in [4.78, 5) is 0. The normalized spacial score (nSPS) is 12.0. The van der Waals surface area contributed by atoms with Crippen LogP contribution >= 0.6 is 11.6 Å². The minimum absolute atomic E-state index is 0.176. The minimum atomic E-state index is -0.961. The van der Waals surface area contributed by atoms with E-state index in [1.165, 1.54) is 0 Å². The van der Waals surface area contributed by atoms with E-state index in [9.17, 15) is 0 Å². The van der Waals surface area contributed by atoms with Crippen molar-refractivity contribution >= 4 is 31.6 Å². The molecule has 2 aromatic carbocycles. The van der Waals surface area contributed by atoms with Gasteiger partial charge in [-0.3, -0.25) is 0 Å². The summed E-state index contributed by atoms with van der Waals surface area (Å²) >= 11 is 6.10. The lowest BCUT2D eigenvalue weighted by Crippen LogP contribution is -2.15. The lowest BCUT2D eigenvalue weighted by molar-refractivity contribution is 0.146. The molecule has 1 heterocycles. The van der Waals surface area contributed by atoms with Crippen molar-refractivity contribution in [3.8, 4) is 22.8 Å². The fourth-order valence-corrected chi connectivity index (χ4v) is 4.06. The van der Waals surface area contributed by atoms with Crippen molar-refractivity contribution in [2.24, 2.45) is 0 Å². The Morgan fingerprint density at radius 1 is 1.00 bits per heavy atom. The molecule has 0 fully saturated rings. The van der Waals surface area contributed by atoms with Gasteiger partial charge in [0.05, 0.1) is 12.0 Å². The van der Waals surface area contributed by atoms with E-state index in [4.69, 9.17) is 29.9 Å². The van der Waals surface area contributed by atoms with Crippen LogP contribution in [-0.2, 0) is 10.2 Å². The Morgan fingerprint density at radius 3 is 2.28 bits per heavy atom. The number of fused-ring (bicyclic) bond motifs is 1. The van der Waals surface area contributed by atoms with E-state index in [0.29, 0.717) is 18.2 Å². The van der Waals surface area contributed by atoms with Crippen LogP contribution in [0, 0.1) is 0 Å². The molecule has 1 aromatic heterocycles. The first-order valence-corrected chi connectivity index (χ1v) is 12.5. The molecule has 3 aromatic rings. The van der Waals surface area contributed by atoms with Crippen molar-refractivity contribution in [2.75, 3.05) is 20.3 Å². The maximum atomic E-state index is 6.36. The highest BCUT2D eigenvalue weighted by atomic mass is 35.5. The molecule has 1 radical (unpaired) electrons. The van der Waals surface area contributed by atoms with E-state index in [0.717, 1.165) is 39.4 Å². The predicted molar refractivity (Wildman–Crippen MR) is 121 cm³/mol. The third kappa shape index (κ3) is 4.79. The molecule has 0 aliphatic rings. The van der Waals surface area contributed by atoms with Crippen LogP contribution in [0.4, 0.5) is 0 Å². The lowest BCUT2D eigenvalue weighted by Gasteiger charge is -2.22. The standard InChI is InChI=1S/C23H28ClO4Si/c1-23(2,3)20-19-17(27-21(20)15-7-9-16(24)10-8-15)11-12-18(28-29(5)6)22(19)26-14-13-25-4/h7-12H,13-14H2,1-6H3. The Hall–Kier alpha value is -1.95. The van der Waals surface area contributed by atoms with Gasteiger partial charge in [-0.1, -0.05) is 32.4 Å². The molecular weight excluding hydrogens is 404 g/mol. The van der Waals surface area contributed by atoms with Crippen molar-refractivity contribution in [1.82, 2.24) is 0 Å². The minimum Gasteiger partial charge on any atom is -0.540 e. The lowest BCUT2D eigenvalue weighted by atomic mass is 9.83. The van der Waals surface area contributed by atoms with Crippen LogP contribution in [0.25, 0.3) is 22.3 Å². The van der Waals surface area contributed by atoms with Crippen LogP contribution in [0.3, 0.4) is 0 Å². The van der Waals surface area contributed by atoms with Gasteiger partial charge in [-0.05, 0) is 54.9 Å². The number of benzene rings is 2. The second kappa shape index (κ2) is 8.82. The SMILES string of the molecule is COCCOc1c(O[Si](C)C)ccc2oc(-c3ccc(Cl)cc3)c(C(C)(C)C)c12. The summed E-state index contributed by atoms with van der Waals surface area (Å²) in [6.45, 7) is 11.7. The van der Waals surface area contributed by atoms with Gasteiger partial charge in [-0.25, -0.2) is 0 Å². The smallest absolute Gasteiger partial charge is 0.274 e. The summed E-state index contributed by atoms with van der Waals surface area (Å²) in [5, 5.41) is 1.65. The average molecular weight is 432 g/mol. The Bertz CT molecular complexity index is 971. The molecule has 6 heteroatoms. The van der Waals surface area contributed by atoms with E-state index < -0.39 is 9.04 Å². The molecule has 3 rings (SSSR count). The first kappa shape index (κ1) is 21.7. The van der Waals surface area contributed by atoms with Crippen molar-refractivity contribution < 1.29 is 18.3 Å². The van der Waals surface area contributed by atoms with Gasteiger partial charge in [0, 0.05) is 23.3 Å². The summed E-state index contributed by atoms with van der Waals surface area (Å²) in [5.41, 5.74) is 2.68. The van der Waals surface area contributed by atoms with Gasteiger partial charge in [0.15, 0.2) is 5.75 Å². The maximum absolute atomic E-state index is 6.36. The number of ether oxygens (including phenoxy) is 2. The summed E-state index contributed by atoms with van der Waals surface area (Å²) in [5.74, 6) is 2.30. The van der Waals surface area contributed by atoms with Crippen molar-refractivity contribution in [1.29, 1.82) is 0 Å². The summed E-state index contributed by atoms with van der Waals surface area (Å²) in [6, 6.07) is 11.6. The van der Waals surface area contributed by atoms with Gasteiger partial charge in [-0.15, -0.1) is 0 Å². The molecular formula is C23H28ClO4Si. The molecule has 0 saturated heterocycles. The molecule has 0 aliphatic carbocycles. The molecule has 29 heavy (non-hydrogen) atoms. The first-order chi connectivity index (χ1) is 13.7. The topological polar surface area (TPSA) is 40.8 Å². The molecule has 0 saturated carbocycles. The highest BCUT2D eigenvalue weighted by molar-refractivity contribution is 6.49. The summed E-state index contributed by atoms with van der Waals surface area (Å²) < 4.78 is 23.9. The van der Waals surface area contributed by atoms with Gasteiger partial charge in [0.1, 0.15) is 23.7 Å². The third-order valence-corrected chi connectivity index (χ3v) is 5.36. The van der Waals surface area contributed by atoms with E-state index >= 15 is 0 Å². The molecule has 0 aliphatic heterocycles. The number of rotatable bonds is 7. The zero-order valence-electron chi connectivity index (χ0n) is 17.9. The molecule has 0 atom stereocenters. The van der Waals surface area contributed by atoms with E-state index in [-0.39, 0.29) is 5.41 Å². The monoisotopic (exact) mass is 431 g/mol. The van der Waals surface area contributed by atoms with Crippen LogP contribution in [0.5, 0.6) is 11.5 Å². The van der Waals surface area contributed by atoms with Crippen LogP contribution in [0.1, 0.15) is 26.3 Å². The number of halogens is 1. The van der Waals surface area contributed by atoms with Crippen molar-refractivity contribution in [3.63, 3.8) is 0 Å². The second-order valence-electron chi connectivity index (χ2n) is 8.18. The molecule has 4 nitrogen and oxygen atoms in total. The number of methoxy groups -OCH3 is 1. The van der Waals surface area contributed by atoms with Crippen LogP contribution in [0.2, 0.25) is 18.1 Å². The van der Waals surface area contributed by atoms with E-state index in [1.54, 1.807) is 7.11 Å². The molecule has 0 N–H and O–H groups in total. The molecule has 155 valence electrons. The molecule has 0 amide bonds. The molecule has 0 bridgehead atoms. The quantitative estimate of drug-likeness (QED) is 0.308. The maximum Gasteiger partial charge on any atom is 0.274 e. The zero-order chi connectivity index (χ0) is 21.2. The van der Waals surface area contributed by atoms with Crippen LogP contribution < -0.4 is 9.16 Å². The van der Waals surface area contributed by atoms with Gasteiger partial charge < -0.3 is 18.3 Å². The summed E-state index contributed by atoms with van der Waals surface area (Å²) in [7, 11) is 0.704. The van der Waals surface area contributed by atoms with Crippen LogP contribution in [0.15, 0.2) is 40.8 Å². The average Bonchev–Trinajstić information content (AvgIpc) is 3.03. The largest absolute Gasteiger partial charge is 0.540 e. The van der Waals surface area contributed by atoms with Crippen molar-refractivity contribution in [3.05, 3.63) is 47.0 Å². The zero-order valence-corrected chi connectivity index (χ0v) is 19.6. The number of hydrogen-bond acceptors (Lipinski definition) is 4. The van der Waals surface area contributed by atoms with Gasteiger partial charge in [0.2, 0.25) is 0 Å². The fourth-order valence-electron chi connectivity index (χ4n) is 3.33. The fraction of sp³-hybridized carbons (Fsp3) is 0.391. The summed E-state index contributed by atoms with van der Waals surface area (Å²) in [6.07, 6.45) is 0. The molecule has 0 unspecified atom stereocenters. The Kier molecular flexibility index (Phi) is 6.61. The highest BCUT2D eigenvalue weighted by Gasteiger charge is 2.30. The van der Waals surface area contributed by atoms with Crippen LogP contribution in [-0.4, -0.2) is 29.4 Å². The van der Waals surface area contributed by atoms with E-state index in [1.807, 2.05) is 36.4 Å². The van der Waals surface area contributed by atoms with E-state index in [2.05, 4.69) is 33.9 Å². The van der Waals surface area contributed by atoms with Crippen molar-refractivity contribution in [2.45, 2.75) is 39.3 Å². The number of hydrogen-bond donors (Lipinski definition) is 0. The Labute approximate surface area is 179 Å². The molecule has 0 spiro atoms. The number of furan rings is 1. The Balaban J connectivity index is 2.28.